The van der Waals surface area contributed by atoms with Crippen LogP contribution in [0.15, 0.2) is 0 Å². The molecule has 2 atom stereocenters. The molecule has 0 aromatic rings. The summed E-state index contributed by atoms with van der Waals surface area (Å²) in [5, 5.41) is 10.5. The van der Waals surface area contributed by atoms with Crippen LogP contribution in [0.5, 0.6) is 0 Å². The molecule has 3 heteroatoms. The predicted molar refractivity (Wildman–Crippen MR) is 73.6 cm³/mol. The number of rotatable bonds is 4. The van der Waals surface area contributed by atoms with E-state index in [-0.39, 0.29) is 12.2 Å². The van der Waals surface area contributed by atoms with Crippen LogP contribution in [-0.2, 0) is 4.74 Å². The Balaban J connectivity index is 1.81. The minimum atomic E-state index is -0.253. The van der Waals surface area contributed by atoms with Crippen LogP contribution in [0, 0.1) is 11.8 Å². The topological polar surface area (TPSA) is 32.7 Å². The summed E-state index contributed by atoms with van der Waals surface area (Å²) in [7, 11) is 0. The fraction of sp³-hybridized carbons (Fsp3) is 1.00. The maximum atomic E-state index is 10.5. The third-order valence-corrected chi connectivity index (χ3v) is 4.96. The Kier molecular flexibility index (Phi) is 5.46. The molecule has 2 fully saturated rings. The van der Waals surface area contributed by atoms with Gasteiger partial charge in [0.05, 0.1) is 18.8 Å². The van der Waals surface area contributed by atoms with E-state index in [1.54, 1.807) is 0 Å². The van der Waals surface area contributed by atoms with Gasteiger partial charge in [0, 0.05) is 13.1 Å². The van der Waals surface area contributed by atoms with E-state index in [4.69, 9.17) is 4.74 Å². The second kappa shape index (κ2) is 6.88. The van der Waals surface area contributed by atoms with Gasteiger partial charge in [0.1, 0.15) is 0 Å². The van der Waals surface area contributed by atoms with E-state index in [9.17, 15) is 5.11 Å². The van der Waals surface area contributed by atoms with Crippen molar-refractivity contribution in [1.29, 1.82) is 0 Å². The van der Waals surface area contributed by atoms with Gasteiger partial charge in [-0.3, -0.25) is 4.90 Å². The number of aliphatic hydroxyl groups excluding tert-OH is 1. The lowest BCUT2D eigenvalue weighted by Crippen LogP contribution is -2.50. The van der Waals surface area contributed by atoms with Crippen molar-refractivity contribution in [2.24, 2.45) is 11.8 Å². The van der Waals surface area contributed by atoms with Crippen LogP contribution in [0.2, 0.25) is 0 Å². The first-order valence-electron chi connectivity index (χ1n) is 7.76. The lowest BCUT2D eigenvalue weighted by atomic mass is 9.77. The van der Waals surface area contributed by atoms with Crippen molar-refractivity contribution in [2.75, 3.05) is 26.2 Å². The number of hydrogen-bond acceptors (Lipinski definition) is 3. The molecule has 0 aromatic carbocycles. The Hall–Kier alpha value is -0.120. The van der Waals surface area contributed by atoms with Gasteiger partial charge in [-0.15, -0.1) is 0 Å². The molecule has 106 valence electrons. The van der Waals surface area contributed by atoms with Crippen molar-refractivity contribution in [1.82, 2.24) is 4.90 Å². The Morgan fingerprint density at radius 2 is 1.94 bits per heavy atom. The molecule has 2 unspecified atom stereocenters. The van der Waals surface area contributed by atoms with Crippen LogP contribution < -0.4 is 0 Å². The van der Waals surface area contributed by atoms with Gasteiger partial charge in [-0.05, 0) is 31.2 Å². The smallest absolute Gasteiger partial charge is 0.0963 e. The van der Waals surface area contributed by atoms with Crippen molar-refractivity contribution in [3.63, 3.8) is 0 Å². The molecular formula is C15H29NO2. The second-order valence-electron chi connectivity index (χ2n) is 5.98. The third kappa shape index (κ3) is 3.46. The van der Waals surface area contributed by atoms with E-state index in [1.807, 2.05) is 0 Å². The highest BCUT2D eigenvalue weighted by Crippen LogP contribution is 2.34. The van der Waals surface area contributed by atoms with Crippen molar-refractivity contribution >= 4 is 0 Å². The summed E-state index contributed by atoms with van der Waals surface area (Å²) < 4.78 is 5.79. The van der Waals surface area contributed by atoms with Crippen molar-refractivity contribution < 1.29 is 9.84 Å². The zero-order valence-corrected chi connectivity index (χ0v) is 12.0. The molecule has 1 N–H and O–H groups in total. The summed E-state index contributed by atoms with van der Waals surface area (Å²) in [6.07, 6.45) is 6.05. The third-order valence-electron chi connectivity index (χ3n) is 4.96. The summed E-state index contributed by atoms with van der Waals surface area (Å²) in [6, 6.07) is 0. The van der Waals surface area contributed by atoms with Gasteiger partial charge in [-0.25, -0.2) is 0 Å². The van der Waals surface area contributed by atoms with Crippen molar-refractivity contribution in [3.05, 3.63) is 0 Å². The van der Waals surface area contributed by atoms with Gasteiger partial charge in [-0.2, -0.15) is 0 Å². The first kappa shape index (κ1) is 14.3. The van der Waals surface area contributed by atoms with Crippen LogP contribution in [0.4, 0.5) is 0 Å². The molecule has 0 aromatic heterocycles. The minimum Gasteiger partial charge on any atom is -0.390 e. The summed E-state index contributed by atoms with van der Waals surface area (Å²) in [5.74, 6) is 1.36. The summed E-state index contributed by atoms with van der Waals surface area (Å²) in [6.45, 7) is 8.23. The second-order valence-corrected chi connectivity index (χ2v) is 5.98. The standard InChI is InChI=1S/C15H29NO2/c1-3-12-5-7-13(8-6-12)15(17)14-11-16(4-2)9-10-18-14/h12-15,17H,3-11H2,1-2H3. The molecule has 1 saturated carbocycles. The molecule has 1 aliphatic heterocycles. The van der Waals surface area contributed by atoms with Crippen molar-refractivity contribution in [2.45, 2.75) is 58.2 Å². The number of morpholine rings is 1. The lowest BCUT2D eigenvalue weighted by Gasteiger charge is -2.39. The fourth-order valence-electron chi connectivity index (χ4n) is 3.47. The molecule has 2 aliphatic rings. The zero-order chi connectivity index (χ0) is 13.0. The lowest BCUT2D eigenvalue weighted by molar-refractivity contribution is -0.110. The Bertz CT molecular complexity index is 239. The van der Waals surface area contributed by atoms with E-state index in [0.29, 0.717) is 5.92 Å². The first-order chi connectivity index (χ1) is 8.74. The molecule has 0 bridgehead atoms. The molecule has 0 amide bonds. The van der Waals surface area contributed by atoms with Crippen LogP contribution in [0.1, 0.15) is 46.0 Å². The number of aliphatic hydroxyl groups is 1. The van der Waals surface area contributed by atoms with E-state index >= 15 is 0 Å². The summed E-state index contributed by atoms with van der Waals surface area (Å²) in [4.78, 5) is 2.38. The van der Waals surface area contributed by atoms with Gasteiger partial charge in [0.15, 0.2) is 0 Å². The highest BCUT2D eigenvalue weighted by atomic mass is 16.5. The normalized spacial score (nSPS) is 36.5. The van der Waals surface area contributed by atoms with Crippen LogP contribution in [0.25, 0.3) is 0 Å². The maximum absolute atomic E-state index is 10.5. The number of nitrogens with zero attached hydrogens (tertiary/aromatic N) is 1. The van der Waals surface area contributed by atoms with Gasteiger partial charge in [-0.1, -0.05) is 33.1 Å². The monoisotopic (exact) mass is 255 g/mol. The average Bonchev–Trinajstić information content (AvgIpc) is 2.46. The quantitative estimate of drug-likeness (QED) is 0.836. The maximum Gasteiger partial charge on any atom is 0.0963 e. The molecule has 3 nitrogen and oxygen atoms in total. The van der Waals surface area contributed by atoms with Gasteiger partial charge < -0.3 is 9.84 Å². The number of ether oxygens (including phenoxy) is 1. The number of likely N-dealkylation sites (N-methyl/N-ethyl adjacent to an activating group) is 1. The first-order valence-corrected chi connectivity index (χ1v) is 7.76. The van der Waals surface area contributed by atoms with E-state index in [2.05, 4.69) is 18.7 Å². The zero-order valence-electron chi connectivity index (χ0n) is 12.0. The molecular weight excluding hydrogens is 226 g/mol. The van der Waals surface area contributed by atoms with Crippen LogP contribution >= 0.6 is 0 Å². The van der Waals surface area contributed by atoms with Crippen LogP contribution in [0.3, 0.4) is 0 Å². The molecule has 18 heavy (non-hydrogen) atoms. The van der Waals surface area contributed by atoms with Gasteiger partial charge in [0.2, 0.25) is 0 Å². The van der Waals surface area contributed by atoms with E-state index < -0.39 is 0 Å². The molecule has 1 aliphatic carbocycles. The average molecular weight is 255 g/mol. The SMILES string of the molecule is CCC1CCC(C(O)C2CN(CC)CCO2)CC1. The largest absolute Gasteiger partial charge is 0.390 e. The van der Waals surface area contributed by atoms with E-state index in [0.717, 1.165) is 32.2 Å². The molecule has 0 radical (unpaired) electrons. The highest BCUT2D eigenvalue weighted by Gasteiger charge is 2.33. The molecule has 2 rings (SSSR count). The highest BCUT2D eigenvalue weighted by molar-refractivity contribution is 4.85. The van der Waals surface area contributed by atoms with E-state index in [1.165, 1.54) is 32.1 Å². The minimum absolute atomic E-state index is 0.0434. The Morgan fingerprint density at radius 3 is 2.56 bits per heavy atom. The summed E-state index contributed by atoms with van der Waals surface area (Å²) >= 11 is 0. The Labute approximate surface area is 112 Å². The molecule has 1 heterocycles. The molecule has 0 spiro atoms. The number of hydrogen-bond donors (Lipinski definition) is 1. The fourth-order valence-corrected chi connectivity index (χ4v) is 3.47. The van der Waals surface area contributed by atoms with Gasteiger partial charge in [0.25, 0.3) is 0 Å². The van der Waals surface area contributed by atoms with Gasteiger partial charge >= 0.3 is 0 Å². The van der Waals surface area contributed by atoms with Crippen molar-refractivity contribution in [3.8, 4) is 0 Å². The predicted octanol–water partition coefficient (Wildman–Crippen LogP) is 2.28. The van der Waals surface area contributed by atoms with Crippen LogP contribution in [-0.4, -0.2) is 48.5 Å². The summed E-state index contributed by atoms with van der Waals surface area (Å²) in [5.41, 5.74) is 0. The Morgan fingerprint density at radius 1 is 1.22 bits per heavy atom. The molecule has 1 saturated heterocycles.